The number of aryl methyl sites for hydroxylation is 3. The SMILES string of the molecule is COc1c(C)cc(CCC(C)O)cc1C. The number of aliphatic hydroxyl groups excluding tert-OH is 1. The van der Waals surface area contributed by atoms with Gasteiger partial charge in [0.1, 0.15) is 5.75 Å². The van der Waals surface area contributed by atoms with Crippen molar-refractivity contribution in [2.45, 2.75) is 39.7 Å². The molecule has 1 rings (SSSR count). The highest BCUT2D eigenvalue weighted by molar-refractivity contribution is 5.43. The normalized spacial score (nSPS) is 12.6. The third-order valence-corrected chi connectivity index (χ3v) is 2.58. The van der Waals surface area contributed by atoms with Gasteiger partial charge >= 0.3 is 0 Å². The molecule has 0 saturated heterocycles. The maximum atomic E-state index is 9.23. The summed E-state index contributed by atoms with van der Waals surface area (Å²) in [6.45, 7) is 5.93. The van der Waals surface area contributed by atoms with Crippen LogP contribution in [0.3, 0.4) is 0 Å². The van der Waals surface area contributed by atoms with E-state index in [0.717, 1.165) is 29.7 Å². The molecule has 1 N–H and O–H groups in total. The summed E-state index contributed by atoms with van der Waals surface area (Å²) in [5, 5.41) is 9.23. The fraction of sp³-hybridized carbons (Fsp3) is 0.538. The minimum Gasteiger partial charge on any atom is -0.496 e. The lowest BCUT2D eigenvalue weighted by atomic mass is 10.0. The van der Waals surface area contributed by atoms with Gasteiger partial charge in [0, 0.05) is 0 Å². The summed E-state index contributed by atoms with van der Waals surface area (Å²) in [5.74, 6) is 0.968. The molecule has 0 aliphatic heterocycles. The first kappa shape index (κ1) is 12.1. The van der Waals surface area contributed by atoms with Gasteiger partial charge in [0.25, 0.3) is 0 Å². The van der Waals surface area contributed by atoms with Crippen molar-refractivity contribution >= 4 is 0 Å². The van der Waals surface area contributed by atoms with Crippen LogP contribution in [0.5, 0.6) is 5.75 Å². The molecule has 0 saturated carbocycles. The molecule has 0 spiro atoms. The molecule has 84 valence electrons. The molecule has 0 amide bonds. The molecule has 0 aliphatic carbocycles. The maximum absolute atomic E-state index is 9.23. The van der Waals surface area contributed by atoms with Gasteiger partial charge in [-0.1, -0.05) is 12.1 Å². The molecule has 0 fully saturated rings. The number of aliphatic hydroxyl groups is 1. The fourth-order valence-electron chi connectivity index (χ4n) is 1.88. The Hall–Kier alpha value is -1.02. The summed E-state index contributed by atoms with van der Waals surface area (Å²) < 4.78 is 5.31. The maximum Gasteiger partial charge on any atom is 0.124 e. The number of rotatable bonds is 4. The second-order valence-electron chi connectivity index (χ2n) is 4.15. The number of benzene rings is 1. The molecule has 1 aromatic rings. The highest BCUT2D eigenvalue weighted by Gasteiger charge is 2.05. The van der Waals surface area contributed by atoms with Gasteiger partial charge in [0.15, 0.2) is 0 Å². The first-order chi connectivity index (χ1) is 7.04. The van der Waals surface area contributed by atoms with Crippen LogP contribution in [0.1, 0.15) is 30.0 Å². The summed E-state index contributed by atoms with van der Waals surface area (Å²) in [6.07, 6.45) is 1.50. The molecule has 15 heavy (non-hydrogen) atoms. The van der Waals surface area contributed by atoms with Crippen molar-refractivity contribution in [1.29, 1.82) is 0 Å². The zero-order valence-corrected chi connectivity index (χ0v) is 10.0. The molecule has 1 atom stereocenters. The van der Waals surface area contributed by atoms with Crippen LogP contribution >= 0.6 is 0 Å². The highest BCUT2D eigenvalue weighted by atomic mass is 16.5. The van der Waals surface area contributed by atoms with Crippen molar-refractivity contribution in [3.63, 3.8) is 0 Å². The zero-order chi connectivity index (χ0) is 11.4. The minimum atomic E-state index is -0.229. The highest BCUT2D eigenvalue weighted by Crippen LogP contribution is 2.24. The second-order valence-corrected chi connectivity index (χ2v) is 4.15. The van der Waals surface area contributed by atoms with Gasteiger partial charge in [-0.25, -0.2) is 0 Å². The first-order valence-electron chi connectivity index (χ1n) is 5.36. The Labute approximate surface area is 91.9 Å². The van der Waals surface area contributed by atoms with Gasteiger partial charge in [0.2, 0.25) is 0 Å². The Kier molecular flexibility index (Phi) is 4.15. The summed E-state index contributed by atoms with van der Waals surface area (Å²) in [4.78, 5) is 0. The molecule has 0 aromatic heterocycles. The van der Waals surface area contributed by atoms with Crippen LogP contribution in [0.25, 0.3) is 0 Å². The minimum absolute atomic E-state index is 0.229. The molecule has 0 bridgehead atoms. The predicted molar refractivity (Wildman–Crippen MR) is 62.5 cm³/mol. The van der Waals surface area contributed by atoms with Crippen molar-refractivity contribution in [2.24, 2.45) is 0 Å². The van der Waals surface area contributed by atoms with E-state index >= 15 is 0 Å². The Morgan fingerprint density at radius 2 is 1.80 bits per heavy atom. The van der Waals surface area contributed by atoms with E-state index in [1.165, 1.54) is 5.56 Å². The van der Waals surface area contributed by atoms with Crippen LogP contribution < -0.4 is 4.74 Å². The topological polar surface area (TPSA) is 29.5 Å². The number of ether oxygens (including phenoxy) is 1. The molecule has 0 radical (unpaired) electrons. The van der Waals surface area contributed by atoms with Crippen molar-refractivity contribution in [3.8, 4) is 5.75 Å². The molecule has 0 aliphatic rings. The molecule has 1 aromatic carbocycles. The Balaban J connectivity index is 2.84. The lowest BCUT2D eigenvalue weighted by molar-refractivity contribution is 0.185. The lowest BCUT2D eigenvalue weighted by Crippen LogP contribution is -2.02. The van der Waals surface area contributed by atoms with Crippen LogP contribution in [0.2, 0.25) is 0 Å². The summed E-state index contributed by atoms with van der Waals surface area (Å²) in [7, 11) is 1.70. The predicted octanol–water partition coefficient (Wildman–Crippen LogP) is 2.63. The van der Waals surface area contributed by atoms with Gasteiger partial charge in [0.05, 0.1) is 13.2 Å². The fourth-order valence-corrected chi connectivity index (χ4v) is 1.88. The van der Waals surface area contributed by atoms with Gasteiger partial charge in [-0.3, -0.25) is 0 Å². The average Bonchev–Trinajstić information content (AvgIpc) is 2.14. The lowest BCUT2D eigenvalue weighted by Gasteiger charge is -2.11. The quantitative estimate of drug-likeness (QED) is 0.824. The van der Waals surface area contributed by atoms with Crippen LogP contribution in [0.4, 0.5) is 0 Å². The van der Waals surface area contributed by atoms with E-state index in [4.69, 9.17) is 4.74 Å². The zero-order valence-electron chi connectivity index (χ0n) is 10.0. The van der Waals surface area contributed by atoms with Gasteiger partial charge < -0.3 is 9.84 Å². The van der Waals surface area contributed by atoms with E-state index in [0.29, 0.717) is 0 Å². The number of hydrogen-bond acceptors (Lipinski definition) is 2. The van der Waals surface area contributed by atoms with Crippen LogP contribution in [-0.4, -0.2) is 18.3 Å². The van der Waals surface area contributed by atoms with Crippen LogP contribution in [-0.2, 0) is 6.42 Å². The summed E-state index contributed by atoms with van der Waals surface area (Å²) in [6, 6.07) is 4.27. The van der Waals surface area contributed by atoms with E-state index < -0.39 is 0 Å². The van der Waals surface area contributed by atoms with Crippen molar-refractivity contribution < 1.29 is 9.84 Å². The molecule has 0 heterocycles. The van der Waals surface area contributed by atoms with E-state index in [2.05, 4.69) is 26.0 Å². The molecular weight excluding hydrogens is 188 g/mol. The van der Waals surface area contributed by atoms with Crippen molar-refractivity contribution in [2.75, 3.05) is 7.11 Å². The van der Waals surface area contributed by atoms with Crippen LogP contribution in [0, 0.1) is 13.8 Å². The standard InChI is InChI=1S/C13H20O2/c1-9-7-12(6-5-11(3)14)8-10(2)13(9)15-4/h7-8,11,14H,5-6H2,1-4H3. The summed E-state index contributed by atoms with van der Waals surface area (Å²) >= 11 is 0. The summed E-state index contributed by atoms with van der Waals surface area (Å²) in [5.41, 5.74) is 3.60. The Morgan fingerprint density at radius 1 is 1.27 bits per heavy atom. The van der Waals surface area contributed by atoms with Crippen molar-refractivity contribution in [1.82, 2.24) is 0 Å². The smallest absolute Gasteiger partial charge is 0.124 e. The third-order valence-electron chi connectivity index (χ3n) is 2.58. The van der Waals surface area contributed by atoms with Gasteiger partial charge in [-0.05, 0) is 50.3 Å². The first-order valence-corrected chi connectivity index (χ1v) is 5.36. The number of methoxy groups -OCH3 is 1. The Morgan fingerprint density at radius 3 is 2.20 bits per heavy atom. The number of hydrogen-bond donors (Lipinski definition) is 1. The van der Waals surface area contributed by atoms with Gasteiger partial charge in [-0.2, -0.15) is 0 Å². The molecular formula is C13H20O2. The van der Waals surface area contributed by atoms with E-state index in [1.54, 1.807) is 7.11 Å². The van der Waals surface area contributed by atoms with Crippen molar-refractivity contribution in [3.05, 3.63) is 28.8 Å². The Bertz CT molecular complexity index is 306. The molecule has 2 nitrogen and oxygen atoms in total. The van der Waals surface area contributed by atoms with Crippen LogP contribution in [0.15, 0.2) is 12.1 Å². The largest absolute Gasteiger partial charge is 0.496 e. The van der Waals surface area contributed by atoms with E-state index in [1.807, 2.05) is 6.92 Å². The molecule has 2 heteroatoms. The molecule has 1 unspecified atom stereocenters. The average molecular weight is 208 g/mol. The second kappa shape index (κ2) is 5.17. The monoisotopic (exact) mass is 208 g/mol. The third kappa shape index (κ3) is 3.24. The van der Waals surface area contributed by atoms with Gasteiger partial charge in [-0.15, -0.1) is 0 Å². The van der Waals surface area contributed by atoms with E-state index in [-0.39, 0.29) is 6.10 Å². The van der Waals surface area contributed by atoms with E-state index in [9.17, 15) is 5.11 Å².